The Morgan fingerprint density at radius 3 is 2.85 bits per heavy atom. The molecule has 3 aromatic rings. The van der Waals surface area contributed by atoms with Crippen LogP contribution in [0.4, 0.5) is 0 Å². The largest absolute Gasteiger partial charge is 0.309 e. The second-order valence-corrected chi connectivity index (χ2v) is 5.27. The Hall–Kier alpha value is -1.84. The van der Waals surface area contributed by atoms with Gasteiger partial charge in [0, 0.05) is 16.8 Å². The van der Waals surface area contributed by atoms with Gasteiger partial charge in [0.2, 0.25) is 0 Å². The van der Waals surface area contributed by atoms with Crippen LogP contribution in [0.5, 0.6) is 0 Å². The molecule has 1 N–H and O–H groups in total. The number of hydrogen-bond acceptors (Lipinski definition) is 2. The number of hydrogen-bond donors (Lipinski definition) is 1. The van der Waals surface area contributed by atoms with E-state index < -0.39 is 0 Å². The summed E-state index contributed by atoms with van der Waals surface area (Å²) in [5.74, 6) is 0. The molecule has 0 fully saturated rings. The molecular formula is C16H16ClN3. The molecule has 0 bridgehead atoms. The van der Waals surface area contributed by atoms with E-state index >= 15 is 0 Å². The van der Waals surface area contributed by atoms with Crippen molar-refractivity contribution in [3.8, 4) is 0 Å². The van der Waals surface area contributed by atoms with Crippen molar-refractivity contribution in [3.05, 3.63) is 70.5 Å². The molecule has 0 saturated heterocycles. The molecule has 0 radical (unpaired) electrons. The van der Waals surface area contributed by atoms with Crippen LogP contribution >= 0.6 is 11.6 Å². The topological polar surface area (TPSA) is 29.3 Å². The zero-order chi connectivity index (χ0) is 14.1. The molecular weight excluding hydrogens is 270 g/mol. The number of rotatable bonds is 3. The molecule has 0 amide bonds. The van der Waals surface area contributed by atoms with Crippen molar-refractivity contribution < 1.29 is 0 Å². The Morgan fingerprint density at radius 2 is 2.10 bits per heavy atom. The van der Waals surface area contributed by atoms with Gasteiger partial charge in [0.1, 0.15) is 0 Å². The summed E-state index contributed by atoms with van der Waals surface area (Å²) in [7, 11) is 1.95. The lowest BCUT2D eigenvalue weighted by atomic mass is 9.99. The third kappa shape index (κ3) is 2.19. The lowest BCUT2D eigenvalue weighted by molar-refractivity contribution is 0.696. The quantitative estimate of drug-likeness (QED) is 0.797. The first kappa shape index (κ1) is 13.2. The average Bonchev–Trinajstić information content (AvgIpc) is 2.88. The minimum Gasteiger partial charge on any atom is -0.309 e. The summed E-state index contributed by atoms with van der Waals surface area (Å²) < 4.78 is 1.88. The predicted octanol–water partition coefficient (Wildman–Crippen LogP) is 3.60. The Labute approximate surface area is 123 Å². The van der Waals surface area contributed by atoms with Gasteiger partial charge in [0.15, 0.2) is 0 Å². The molecule has 0 aliphatic rings. The zero-order valence-corrected chi connectivity index (χ0v) is 12.2. The van der Waals surface area contributed by atoms with Crippen molar-refractivity contribution in [1.82, 2.24) is 14.9 Å². The molecule has 20 heavy (non-hydrogen) atoms. The minimum absolute atomic E-state index is 0.0769. The highest BCUT2D eigenvalue weighted by atomic mass is 35.5. The van der Waals surface area contributed by atoms with Gasteiger partial charge in [-0.05, 0) is 43.3 Å². The van der Waals surface area contributed by atoms with E-state index in [-0.39, 0.29) is 6.04 Å². The van der Waals surface area contributed by atoms with Crippen LogP contribution in [0.1, 0.15) is 22.7 Å². The fourth-order valence-electron chi connectivity index (χ4n) is 2.47. The molecule has 3 nitrogen and oxygen atoms in total. The van der Waals surface area contributed by atoms with E-state index in [1.165, 1.54) is 0 Å². The fourth-order valence-corrected chi connectivity index (χ4v) is 2.66. The first-order chi connectivity index (χ1) is 9.70. The van der Waals surface area contributed by atoms with Crippen LogP contribution in [0, 0.1) is 6.92 Å². The molecule has 4 heteroatoms. The van der Waals surface area contributed by atoms with E-state index in [0.29, 0.717) is 0 Å². The number of aromatic nitrogens is 2. The van der Waals surface area contributed by atoms with Gasteiger partial charge in [-0.2, -0.15) is 5.10 Å². The molecule has 0 aliphatic heterocycles. The number of nitrogens with one attached hydrogen (secondary N) is 1. The average molecular weight is 286 g/mol. The summed E-state index contributed by atoms with van der Waals surface area (Å²) in [5.41, 5.74) is 4.48. The van der Waals surface area contributed by atoms with Gasteiger partial charge in [0.25, 0.3) is 0 Å². The van der Waals surface area contributed by atoms with Crippen molar-refractivity contribution in [2.75, 3.05) is 7.05 Å². The summed E-state index contributed by atoms with van der Waals surface area (Å²) in [6.07, 6.45) is 3.86. The van der Waals surface area contributed by atoms with E-state index in [1.54, 1.807) is 0 Å². The highest BCUT2D eigenvalue weighted by Crippen LogP contribution is 2.28. The predicted molar refractivity (Wildman–Crippen MR) is 82.3 cm³/mol. The van der Waals surface area contributed by atoms with Crippen molar-refractivity contribution >= 4 is 17.1 Å². The van der Waals surface area contributed by atoms with Crippen LogP contribution in [-0.4, -0.2) is 16.7 Å². The summed E-state index contributed by atoms with van der Waals surface area (Å²) in [5, 5.41) is 8.54. The van der Waals surface area contributed by atoms with Gasteiger partial charge in [0.05, 0.1) is 17.8 Å². The standard InChI is InChI=1S/C16H16ClN3/c1-11-6-7-12(9-14(11)17)16(18-2)13-10-19-20-8-4-3-5-15(13)20/h3-10,16,18H,1-2H3. The second kappa shape index (κ2) is 5.27. The van der Waals surface area contributed by atoms with Crippen LogP contribution in [0.25, 0.3) is 5.52 Å². The first-order valence-electron chi connectivity index (χ1n) is 6.56. The van der Waals surface area contributed by atoms with Gasteiger partial charge in [-0.25, -0.2) is 4.52 Å². The SMILES string of the molecule is CNC(c1ccc(C)c(Cl)c1)c1cnn2ccccc12. The third-order valence-electron chi connectivity index (χ3n) is 3.59. The van der Waals surface area contributed by atoms with Gasteiger partial charge >= 0.3 is 0 Å². The Balaban J connectivity index is 2.11. The molecule has 2 aromatic heterocycles. The summed E-state index contributed by atoms with van der Waals surface area (Å²) >= 11 is 6.25. The van der Waals surface area contributed by atoms with Gasteiger partial charge in [-0.15, -0.1) is 0 Å². The molecule has 1 unspecified atom stereocenters. The first-order valence-corrected chi connectivity index (χ1v) is 6.94. The number of halogens is 1. The summed E-state index contributed by atoms with van der Waals surface area (Å²) in [6.45, 7) is 2.01. The summed E-state index contributed by atoms with van der Waals surface area (Å²) in [4.78, 5) is 0. The van der Waals surface area contributed by atoms with Crippen LogP contribution in [0.2, 0.25) is 5.02 Å². The number of fused-ring (bicyclic) bond motifs is 1. The van der Waals surface area contributed by atoms with Crippen molar-refractivity contribution in [2.24, 2.45) is 0 Å². The maximum absolute atomic E-state index is 6.25. The highest BCUT2D eigenvalue weighted by molar-refractivity contribution is 6.31. The molecule has 2 heterocycles. The van der Waals surface area contributed by atoms with Crippen LogP contribution in [0.15, 0.2) is 48.8 Å². The Kier molecular flexibility index (Phi) is 3.47. The van der Waals surface area contributed by atoms with E-state index in [1.807, 2.05) is 55.1 Å². The molecule has 1 aromatic carbocycles. The molecule has 3 rings (SSSR count). The van der Waals surface area contributed by atoms with Gasteiger partial charge in [-0.3, -0.25) is 0 Å². The smallest absolute Gasteiger partial charge is 0.0712 e. The molecule has 0 saturated carbocycles. The van der Waals surface area contributed by atoms with Crippen LogP contribution in [-0.2, 0) is 0 Å². The number of aryl methyl sites for hydroxylation is 1. The summed E-state index contributed by atoms with van der Waals surface area (Å²) in [6, 6.07) is 12.3. The van der Waals surface area contributed by atoms with E-state index in [2.05, 4.69) is 22.5 Å². The van der Waals surface area contributed by atoms with E-state index in [0.717, 1.165) is 27.2 Å². The van der Waals surface area contributed by atoms with Gasteiger partial charge in [-0.1, -0.05) is 29.8 Å². The molecule has 0 aliphatic carbocycles. The number of benzene rings is 1. The zero-order valence-electron chi connectivity index (χ0n) is 11.5. The maximum Gasteiger partial charge on any atom is 0.0712 e. The fraction of sp³-hybridized carbons (Fsp3) is 0.188. The lowest BCUT2D eigenvalue weighted by Crippen LogP contribution is -2.17. The van der Waals surface area contributed by atoms with Gasteiger partial charge < -0.3 is 5.32 Å². The monoisotopic (exact) mass is 285 g/mol. The molecule has 102 valence electrons. The van der Waals surface area contributed by atoms with Crippen LogP contribution < -0.4 is 5.32 Å². The molecule has 1 atom stereocenters. The van der Waals surface area contributed by atoms with E-state index in [4.69, 9.17) is 11.6 Å². The third-order valence-corrected chi connectivity index (χ3v) is 3.99. The van der Waals surface area contributed by atoms with Crippen LogP contribution in [0.3, 0.4) is 0 Å². The minimum atomic E-state index is 0.0769. The maximum atomic E-state index is 6.25. The Morgan fingerprint density at radius 1 is 1.25 bits per heavy atom. The second-order valence-electron chi connectivity index (χ2n) is 4.86. The van der Waals surface area contributed by atoms with Crippen molar-refractivity contribution in [1.29, 1.82) is 0 Å². The van der Waals surface area contributed by atoms with E-state index in [9.17, 15) is 0 Å². The highest BCUT2D eigenvalue weighted by Gasteiger charge is 2.17. The molecule has 0 spiro atoms. The Bertz CT molecular complexity index is 748. The normalized spacial score (nSPS) is 12.8. The van der Waals surface area contributed by atoms with Crippen molar-refractivity contribution in [3.63, 3.8) is 0 Å². The van der Waals surface area contributed by atoms with Crippen molar-refractivity contribution in [2.45, 2.75) is 13.0 Å². The number of nitrogens with zero attached hydrogens (tertiary/aromatic N) is 2. The number of pyridine rings is 1. The lowest BCUT2D eigenvalue weighted by Gasteiger charge is -2.16.